The second-order valence-electron chi connectivity index (χ2n) is 6.05. The number of anilines is 1. The van der Waals surface area contributed by atoms with Crippen LogP contribution in [0.3, 0.4) is 0 Å². The lowest BCUT2D eigenvalue weighted by atomic mass is 9.79. The van der Waals surface area contributed by atoms with Gasteiger partial charge in [-0.1, -0.05) is 19.9 Å². The van der Waals surface area contributed by atoms with Gasteiger partial charge in [0.05, 0.1) is 0 Å². The lowest BCUT2D eigenvalue weighted by molar-refractivity contribution is 0.260. The molecule has 2 aromatic heterocycles. The van der Waals surface area contributed by atoms with E-state index in [1.54, 1.807) is 0 Å². The summed E-state index contributed by atoms with van der Waals surface area (Å²) in [5.74, 6) is 2.39. The molecule has 1 N–H and O–H groups in total. The van der Waals surface area contributed by atoms with Crippen molar-refractivity contribution in [2.24, 2.45) is 11.8 Å². The minimum Gasteiger partial charge on any atom is -0.350 e. The molecule has 0 radical (unpaired) electrons. The lowest BCUT2D eigenvalue weighted by Crippen LogP contribution is -2.30. The van der Waals surface area contributed by atoms with Crippen LogP contribution in [0, 0.1) is 18.8 Å². The summed E-state index contributed by atoms with van der Waals surface area (Å²) in [4.78, 5) is 4.53. The monoisotopic (exact) mass is 258 g/mol. The van der Waals surface area contributed by atoms with E-state index in [1.165, 1.54) is 24.8 Å². The maximum atomic E-state index is 4.53. The van der Waals surface area contributed by atoms with Crippen molar-refractivity contribution in [2.75, 3.05) is 5.32 Å². The van der Waals surface area contributed by atoms with E-state index in [2.05, 4.69) is 42.2 Å². The summed E-state index contributed by atoms with van der Waals surface area (Å²) >= 11 is 0. The van der Waals surface area contributed by atoms with E-state index in [0.29, 0.717) is 6.04 Å². The van der Waals surface area contributed by atoms with Crippen molar-refractivity contribution in [2.45, 2.75) is 46.1 Å². The zero-order valence-electron chi connectivity index (χ0n) is 11.9. The van der Waals surface area contributed by atoms with Crippen molar-refractivity contribution in [1.82, 2.24) is 14.6 Å². The number of aromatic nitrogens is 3. The third kappa shape index (κ3) is 2.57. The molecule has 0 bridgehead atoms. The topological polar surface area (TPSA) is 42.2 Å². The zero-order valence-corrected chi connectivity index (χ0v) is 11.9. The molecule has 1 aliphatic rings. The van der Waals surface area contributed by atoms with Gasteiger partial charge in [-0.2, -0.15) is 4.98 Å². The lowest BCUT2D eigenvalue weighted by Gasteiger charge is -2.32. The van der Waals surface area contributed by atoms with Gasteiger partial charge in [-0.15, -0.1) is 5.10 Å². The van der Waals surface area contributed by atoms with Crippen LogP contribution >= 0.6 is 0 Å². The average Bonchev–Trinajstić information content (AvgIpc) is 2.75. The minimum absolute atomic E-state index is 0.518. The molecule has 3 unspecified atom stereocenters. The van der Waals surface area contributed by atoms with Gasteiger partial charge in [0.15, 0.2) is 5.65 Å². The first-order valence-electron chi connectivity index (χ1n) is 7.21. The smallest absolute Gasteiger partial charge is 0.243 e. The quantitative estimate of drug-likeness (QED) is 0.899. The van der Waals surface area contributed by atoms with E-state index in [4.69, 9.17) is 0 Å². The first-order chi connectivity index (χ1) is 9.11. The molecule has 4 heteroatoms. The number of hydrogen-bond acceptors (Lipinski definition) is 3. The Bertz CT molecular complexity index is 575. The standard InChI is InChI=1S/C15H22N4/c1-10-4-7-14-17-15(18-19(14)9-10)16-13-6-5-11(2)12(3)8-13/h4,7,9,11-13H,5-6,8H2,1-3H3,(H,16,18). The number of aryl methyl sites for hydroxylation is 1. The number of nitrogens with one attached hydrogen (secondary N) is 1. The van der Waals surface area contributed by atoms with E-state index in [1.807, 2.05) is 16.8 Å². The van der Waals surface area contributed by atoms with Gasteiger partial charge in [0.1, 0.15) is 0 Å². The third-order valence-corrected chi connectivity index (χ3v) is 4.41. The summed E-state index contributed by atoms with van der Waals surface area (Å²) in [6.45, 7) is 6.77. The predicted octanol–water partition coefficient (Wildman–Crippen LogP) is 3.27. The highest BCUT2D eigenvalue weighted by Gasteiger charge is 2.25. The van der Waals surface area contributed by atoms with E-state index >= 15 is 0 Å². The van der Waals surface area contributed by atoms with Crippen LogP contribution in [0.4, 0.5) is 5.95 Å². The molecule has 4 nitrogen and oxygen atoms in total. The number of nitrogens with zero attached hydrogens (tertiary/aromatic N) is 3. The predicted molar refractivity (Wildman–Crippen MR) is 77.3 cm³/mol. The molecule has 3 atom stereocenters. The number of fused-ring (bicyclic) bond motifs is 1. The maximum Gasteiger partial charge on any atom is 0.243 e. The van der Waals surface area contributed by atoms with Crippen LogP contribution in [0.25, 0.3) is 5.65 Å². The van der Waals surface area contributed by atoms with Crippen molar-refractivity contribution in [3.8, 4) is 0 Å². The van der Waals surface area contributed by atoms with Gasteiger partial charge in [0.25, 0.3) is 0 Å². The van der Waals surface area contributed by atoms with E-state index in [9.17, 15) is 0 Å². The van der Waals surface area contributed by atoms with Crippen LogP contribution in [-0.4, -0.2) is 20.6 Å². The van der Waals surface area contributed by atoms with Gasteiger partial charge in [0.2, 0.25) is 5.95 Å². The zero-order chi connectivity index (χ0) is 13.4. The SMILES string of the molecule is Cc1ccc2nc(NC3CCC(C)C(C)C3)nn2c1. The molecule has 0 amide bonds. The van der Waals surface area contributed by atoms with Gasteiger partial charge in [-0.25, -0.2) is 4.52 Å². The summed E-state index contributed by atoms with van der Waals surface area (Å²) < 4.78 is 1.85. The Morgan fingerprint density at radius 1 is 1.21 bits per heavy atom. The largest absolute Gasteiger partial charge is 0.350 e. The van der Waals surface area contributed by atoms with Crippen LogP contribution in [-0.2, 0) is 0 Å². The summed E-state index contributed by atoms with van der Waals surface area (Å²) in [6, 6.07) is 4.60. The minimum atomic E-state index is 0.518. The van der Waals surface area contributed by atoms with Crippen LogP contribution in [0.2, 0.25) is 0 Å². The van der Waals surface area contributed by atoms with Gasteiger partial charge in [-0.3, -0.25) is 0 Å². The highest BCUT2D eigenvalue weighted by atomic mass is 15.3. The van der Waals surface area contributed by atoms with Crippen LogP contribution < -0.4 is 5.32 Å². The molecule has 0 spiro atoms. The Morgan fingerprint density at radius 2 is 2.05 bits per heavy atom. The number of rotatable bonds is 2. The first-order valence-corrected chi connectivity index (χ1v) is 7.21. The highest BCUT2D eigenvalue weighted by Crippen LogP contribution is 2.30. The summed E-state index contributed by atoms with van der Waals surface area (Å²) in [5, 5.41) is 8.00. The fraction of sp³-hybridized carbons (Fsp3) is 0.600. The van der Waals surface area contributed by atoms with Crippen molar-refractivity contribution in [3.05, 3.63) is 23.9 Å². The molecule has 0 saturated heterocycles. The van der Waals surface area contributed by atoms with E-state index in [-0.39, 0.29) is 0 Å². The van der Waals surface area contributed by atoms with Gasteiger partial charge >= 0.3 is 0 Å². The molecule has 1 saturated carbocycles. The fourth-order valence-electron chi connectivity index (χ4n) is 2.91. The molecule has 0 aromatic carbocycles. The fourth-order valence-corrected chi connectivity index (χ4v) is 2.91. The molecule has 1 aliphatic carbocycles. The Kier molecular flexibility index (Phi) is 3.17. The Hall–Kier alpha value is -1.58. The van der Waals surface area contributed by atoms with Gasteiger partial charge in [-0.05, 0) is 49.7 Å². The van der Waals surface area contributed by atoms with Crippen molar-refractivity contribution < 1.29 is 0 Å². The summed E-state index contributed by atoms with van der Waals surface area (Å²) in [5.41, 5.74) is 2.11. The molecule has 2 aromatic rings. The summed E-state index contributed by atoms with van der Waals surface area (Å²) in [7, 11) is 0. The molecule has 0 aliphatic heterocycles. The van der Waals surface area contributed by atoms with Crippen LogP contribution in [0.1, 0.15) is 38.7 Å². The van der Waals surface area contributed by atoms with Gasteiger partial charge < -0.3 is 5.32 Å². The molecule has 102 valence electrons. The number of pyridine rings is 1. The summed E-state index contributed by atoms with van der Waals surface area (Å²) in [6.07, 6.45) is 5.75. The van der Waals surface area contributed by atoms with Gasteiger partial charge in [0, 0.05) is 12.2 Å². The Labute approximate surface area is 114 Å². The third-order valence-electron chi connectivity index (χ3n) is 4.41. The maximum absolute atomic E-state index is 4.53. The molecule has 2 heterocycles. The first kappa shape index (κ1) is 12.5. The normalized spacial score (nSPS) is 27.6. The average molecular weight is 258 g/mol. The van der Waals surface area contributed by atoms with Crippen molar-refractivity contribution in [3.63, 3.8) is 0 Å². The molecule has 1 fully saturated rings. The Morgan fingerprint density at radius 3 is 2.84 bits per heavy atom. The second kappa shape index (κ2) is 4.83. The Balaban J connectivity index is 1.74. The van der Waals surface area contributed by atoms with E-state index in [0.717, 1.165) is 23.4 Å². The molecular formula is C15H22N4. The molecule has 19 heavy (non-hydrogen) atoms. The number of hydrogen-bond donors (Lipinski definition) is 1. The highest BCUT2D eigenvalue weighted by molar-refractivity contribution is 5.44. The van der Waals surface area contributed by atoms with Crippen molar-refractivity contribution in [1.29, 1.82) is 0 Å². The molecule has 3 rings (SSSR count). The second-order valence-corrected chi connectivity index (χ2v) is 6.05. The van der Waals surface area contributed by atoms with Crippen molar-refractivity contribution >= 4 is 11.6 Å². The van der Waals surface area contributed by atoms with E-state index < -0.39 is 0 Å². The molecular weight excluding hydrogens is 236 g/mol. The van der Waals surface area contributed by atoms with Crippen LogP contribution in [0.5, 0.6) is 0 Å². The van der Waals surface area contributed by atoms with Crippen LogP contribution in [0.15, 0.2) is 18.3 Å².